The zero-order chi connectivity index (χ0) is 20.8. The number of aromatic amines is 1. The smallest absolute Gasteiger partial charge is 0.271 e. The Labute approximate surface area is 169 Å². The lowest BCUT2D eigenvalue weighted by molar-refractivity contribution is 0.0906. The summed E-state index contributed by atoms with van der Waals surface area (Å²) < 4.78 is 5.92. The van der Waals surface area contributed by atoms with Crippen molar-refractivity contribution in [2.45, 2.75) is 44.8 Å². The van der Waals surface area contributed by atoms with Gasteiger partial charge in [0.05, 0.1) is 12.3 Å². The predicted molar refractivity (Wildman–Crippen MR) is 106 cm³/mol. The zero-order valence-corrected chi connectivity index (χ0v) is 16.6. The van der Waals surface area contributed by atoms with Crippen molar-refractivity contribution in [1.82, 2.24) is 25.8 Å². The second-order valence-electron chi connectivity index (χ2n) is 7.32. The van der Waals surface area contributed by atoms with Crippen LogP contribution in [-0.2, 0) is 0 Å². The summed E-state index contributed by atoms with van der Waals surface area (Å²) in [6, 6.07) is 3.31. The number of aromatic nitrogens is 3. The van der Waals surface area contributed by atoms with Crippen molar-refractivity contribution in [3.8, 4) is 5.75 Å². The van der Waals surface area contributed by atoms with Gasteiger partial charge in [0.1, 0.15) is 17.5 Å². The maximum absolute atomic E-state index is 12.6. The maximum atomic E-state index is 12.6. The number of aliphatic hydroxyl groups excluding tert-OH is 1. The Hall–Kier alpha value is -2.94. The molecule has 4 N–H and O–H groups in total. The molecule has 2 aromatic rings. The number of carbonyl (C=O) groups excluding carboxylic acids is 2. The van der Waals surface area contributed by atoms with Gasteiger partial charge in [0.15, 0.2) is 5.75 Å². The molecule has 0 saturated heterocycles. The molecule has 1 fully saturated rings. The zero-order valence-electron chi connectivity index (χ0n) is 16.6. The van der Waals surface area contributed by atoms with Gasteiger partial charge in [-0.25, -0.2) is 0 Å². The van der Waals surface area contributed by atoms with E-state index in [1.807, 2.05) is 6.92 Å². The average Bonchev–Trinajstić information content (AvgIpc) is 3.17. The number of rotatable bonds is 7. The van der Waals surface area contributed by atoms with Crippen LogP contribution in [-0.4, -0.2) is 51.8 Å². The van der Waals surface area contributed by atoms with Gasteiger partial charge in [-0.3, -0.25) is 9.59 Å². The molecule has 9 nitrogen and oxygen atoms in total. The Morgan fingerprint density at radius 1 is 1.28 bits per heavy atom. The third kappa shape index (κ3) is 5.32. The van der Waals surface area contributed by atoms with E-state index in [4.69, 9.17) is 4.74 Å². The van der Waals surface area contributed by atoms with E-state index in [0.717, 1.165) is 31.2 Å². The van der Waals surface area contributed by atoms with E-state index in [9.17, 15) is 14.7 Å². The van der Waals surface area contributed by atoms with E-state index in [0.29, 0.717) is 18.2 Å². The SMILES string of the molecule is CNC(=O)c1[nH]c(C(=O)NCC2CCC(O)CC2)cc1OC(C)c1ccnnc1. The summed E-state index contributed by atoms with van der Waals surface area (Å²) >= 11 is 0. The Morgan fingerprint density at radius 2 is 2.03 bits per heavy atom. The number of nitrogens with one attached hydrogen (secondary N) is 3. The minimum atomic E-state index is -0.380. The highest BCUT2D eigenvalue weighted by atomic mass is 16.5. The summed E-state index contributed by atoms with van der Waals surface area (Å²) in [4.78, 5) is 27.7. The summed E-state index contributed by atoms with van der Waals surface area (Å²) in [5, 5.41) is 22.6. The van der Waals surface area contributed by atoms with Crippen LogP contribution in [0.3, 0.4) is 0 Å². The number of hydrogen-bond acceptors (Lipinski definition) is 6. The van der Waals surface area contributed by atoms with Crippen molar-refractivity contribution < 1.29 is 19.4 Å². The minimum Gasteiger partial charge on any atom is -0.483 e. The van der Waals surface area contributed by atoms with Crippen LogP contribution in [0.4, 0.5) is 0 Å². The van der Waals surface area contributed by atoms with Crippen molar-refractivity contribution in [1.29, 1.82) is 0 Å². The fourth-order valence-corrected chi connectivity index (χ4v) is 3.43. The van der Waals surface area contributed by atoms with E-state index in [1.165, 1.54) is 13.1 Å². The Bertz CT molecular complexity index is 831. The molecule has 0 aromatic carbocycles. The first-order valence-electron chi connectivity index (χ1n) is 9.82. The summed E-state index contributed by atoms with van der Waals surface area (Å²) in [6.45, 7) is 2.37. The number of nitrogens with zero attached hydrogens (tertiary/aromatic N) is 2. The van der Waals surface area contributed by atoms with Crippen LogP contribution >= 0.6 is 0 Å². The molecule has 156 valence electrons. The van der Waals surface area contributed by atoms with E-state index in [1.54, 1.807) is 18.5 Å². The van der Waals surface area contributed by atoms with Gasteiger partial charge in [0.2, 0.25) is 0 Å². The lowest BCUT2D eigenvalue weighted by atomic mass is 9.87. The molecule has 0 spiro atoms. The van der Waals surface area contributed by atoms with Crippen LogP contribution < -0.4 is 15.4 Å². The van der Waals surface area contributed by atoms with E-state index >= 15 is 0 Å². The monoisotopic (exact) mass is 401 g/mol. The number of amides is 2. The summed E-state index contributed by atoms with van der Waals surface area (Å²) in [5.41, 5.74) is 1.25. The normalized spacial score (nSPS) is 20.0. The number of H-pyrrole nitrogens is 1. The molecular formula is C20H27N5O4. The average molecular weight is 401 g/mol. The van der Waals surface area contributed by atoms with Gasteiger partial charge < -0.3 is 25.5 Å². The molecule has 0 radical (unpaired) electrons. The van der Waals surface area contributed by atoms with Crippen molar-refractivity contribution in [3.63, 3.8) is 0 Å². The fourth-order valence-electron chi connectivity index (χ4n) is 3.43. The first-order chi connectivity index (χ1) is 14.0. The van der Waals surface area contributed by atoms with Gasteiger partial charge in [-0.05, 0) is 44.6 Å². The third-order valence-corrected chi connectivity index (χ3v) is 5.23. The molecule has 1 aliphatic rings. The van der Waals surface area contributed by atoms with Crippen molar-refractivity contribution in [2.75, 3.05) is 13.6 Å². The van der Waals surface area contributed by atoms with Gasteiger partial charge >= 0.3 is 0 Å². The van der Waals surface area contributed by atoms with Crippen LogP contribution in [0.5, 0.6) is 5.75 Å². The number of aliphatic hydroxyl groups is 1. The molecule has 3 rings (SSSR count). The van der Waals surface area contributed by atoms with E-state index in [-0.39, 0.29) is 35.4 Å². The molecule has 9 heteroatoms. The van der Waals surface area contributed by atoms with Gasteiger partial charge in [-0.1, -0.05) is 0 Å². The van der Waals surface area contributed by atoms with Gasteiger partial charge in [-0.15, -0.1) is 0 Å². The highest BCUT2D eigenvalue weighted by Crippen LogP contribution is 2.27. The fraction of sp³-hybridized carbons (Fsp3) is 0.500. The first-order valence-corrected chi connectivity index (χ1v) is 9.82. The van der Waals surface area contributed by atoms with Crippen molar-refractivity contribution in [2.24, 2.45) is 5.92 Å². The van der Waals surface area contributed by atoms with Crippen LogP contribution in [0.1, 0.15) is 65.3 Å². The number of ether oxygens (including phenoxy) is 1. The van der Waals surface area contributed by atoms with Gasteiger partial charge in [0.25, 0.3) is 11.8 Å². The molecule has 1 aliphatic carbocycles. The minimum absolute atomic E-state index is 0.187. The molecule has 29 heavy (non-hydrogen) atoms. The molecule has 2 heterocycles. The molecule has 1 unspecified atom stereocenters. The Morgan fingerprint density at radius 3 is 2.69 bits per heavy atom. The number of carbonyl (C=O) groups is 2. The molecule has 0 aliphatic heterocycles. The van der Waals surface area contributed by atoms with Gasteiger partial charge in [-0.2, -0.15) is 10.2 Å². The highest BCUT2D eigenvalue weighted by Gasteiger charge is 2.23. The molecule has 0 bridgehead atoms. The lowest BCUT2D eigenvalue weighted by Crippen LogP contribution is -2.32. The molecule has 2 amide bonds. The third-order valence-electron chi connectivity index (χ3n) is 5.23. The quantitative estimate of drug-likeness (QED) is 0.557. The summed E-state index contributed by atoms with van der Waals surface area (Å²) in [5.74, 6) is -0.0278. The topological polar surface area (TPSA) is 129 Å². The summed E-state index contributed by atoms with van der Waals surface area (Å²) in [7, 11) is 1.51. The summed E-state index contributed by atoms with van der Waals surface area (Å²) in [6.07, 6.45) is 5.86. The van der Waals surface area contributed by atoms with Crippen molar-refractivity contribution in [3.05, 3.63) is 41.5 Å². The van der Waals surface area contributed by atoms with E-state index < -0.39 is 0 Å². The van der Waals surface area contributed by atoms with Gasteiger partial charge in [0, 0.05) is 31.4 Å². The Balaban J connectivity index is 1.69. The highest BCUT2D eigenvalue weighted by molar-refractivity contribution is 5.99. The van der Waals surface area contributed by atoms with Crippen LogP contribution in [0, 0.1) is 5.92 Å². The molecule has 1 saturated carbocycles. The first kappa shape index (κ1) is 20.8. The predicted octanol–water partition coefficient (Wildman–Crippen LogP) is 1.59. The number of hydrogen-bond donors (Lipinski definition) is 4. The molecule has 1 atom stereocenters. The Kier molecular flexibility index (Phi) is 6.82. The molecule has 2 aromatic heterocycles. The largest absolute Gasteiger partial charge is 0.483 e. The van der Waals surface area contributed by atoms with Crippen LogP contribution in [0.25, 0.3) is 0 Å². The van der Waals surface area contributed by atoms with E-state index in [2.05, 4.69) is 25.8 Å². The van der Waals surface area contributed by atoms with Crippen LogP contribution in [0.2, 0.25) is 0 Å². The standard InChI is InChI=1S/C20H27N5O4/c1-12(14-7-8-23-24-11-14)29-17-9-16(25-18(17)20(28)21-2)19(27)22-10-13-3-5-15(26)6-4-13/h7-9,11-13,15,25-26H,3-6,10H2,1-2H3,(H,21,28)(H,22,27). The van der Waals surface area contributed by atoms with Crippen LogP contribution in [0.15, 0.2) is 24.5 Å². The van der Waals surface area contributed by atoms with Crippen molar-refractivity contribution >= 4 is 11.8 Å². The second-order valence-corrected chi connectivity index (χ2v) is 7.32. The lowest BCUT2D eigenvalue weighted by Gasteiger charge is -2.25. The second kappa shape index (κ2) is 9.51. The molecular weight excluding hydrogens is 374 g/mol. The maximum Gasteiger partial charge on any atom is 0.271 e.